The summed E-state index contributed by atoms with van der Waals surface area (Å²) >= 11 is 11.4. The van der Waals surface area contributed by atoms with Crippen LogP contribution in [0, 0.1) is 0 Å². The van der Waals surface area contributed by atoms with Crippen LogP contribution < -0.4 is 0 Å². The van der Waals surface area contributed by atoms with Gasteiger partial charge < -0.3 is 5.11 Å². The molecule has 0 fully saturated rings. The van der Waals surface area contributed by atoms with E-state index in [0.717, 1.165) is 12.8 Å². The fourth-order valence-corrected chi connectivity index (χ4v) is 0.796. The van der Waals surface area contributed by atoms with Gasteiger partial charge in [0.25, 0.3) is 0 Å². The first-order valence-electron chi connectivity index (χ1n) is 3.07. The topological polar surface area (TPSA) is 20.2 Å². The molecule has 2 unspecified atom stereocenters. The lowest BCUT2D eigenvalue weighted by Crippen LogP contribution is -2.10. The fourth-order valence-electron chi connectivity index (χ4n) is 0.516. The molecule has 0 radical (unpaired) electrons. The number of halogens is 2. The first-order chi connectivity index (χ1) is 4.18. The molecule has 0 bridgehead atoms. The molecule has 9 heavy (non-hydrogen) atoms. The highest BCUT2D eigenvalue weighted by Crippen LogP contribution is 2.14. The Morgan fingerprint density at radius 2 is 2.00 bits per heavy atom. The highest BCUT2D eigenvalue weighted by atomic mass is 35.5. The van der Waals surface area contributed by atoms with Gasteiger partial charge in [0.15, 0.2) is 0 Å². The summed E-state index contributed by atoms with van der Waals surface area (Å²) < 4.78 is 0. The van der Waals surface area contributed by atoms with Crippen molar-refractivity contribution in [3.05, 3.63) is 0 Å². The lowest BCUT2D eigenvalue weighted by atomic mass is 10.2. The van der Waals surface area contributed by atoms with E-state index >= 15 is 0 Å². The van der Waals surface area contributed by atoms with Crippen LogP contribution in [0.1, 0.15) is 19.8 Å². The Morgan fingerprint density at radius 3 is 2.33 bits per heavy atom. The zero-order chi connectivity index (χ0) is 7.28. The monoisotopic (exact) mass is 170 g/mol. The molecule has 0 aromatic heterocycles. The predicted octanol–water partition coefficient (Wildman–Crippen LogP) is 1.99. The van der Waals surface area contributed by atoms with Gasteiger partial charge >= 0.3 is 0 Å². The van der Waals surface area contributed by atoms with Crippen molar-refractivity contribution in [1.82, 2.24) is 0 Å². The highest BCUT2D eigenvalue weighted by Gasteiger charge is 2.09. The van der Waals surface area contributed by atoms with Crippen molar-refractivity contribution in [2.24, 2.45) is 0 Å². The quantitative estimate of drug-likeness (QED) is 0.641. The molecule has 0 heterocycles. The molecule has 0 saturated carbocycles. The zero-order valence-corrected chi connectivity index (χ0v) is 6.99. The third-order valence-corrected chi connectivity index (χ3v) is 2.17. The van der Waals surface area contributed by atoms with Crippen molar-refractivity contribution in [2.45, 2.75) is 30.5 Å². The minimum absolute atomic E-state index is 0.00110. The van der Waals surface area contributed by atoms with Gasteiger partial charge in [-0.15, -0.1) is 23.2 Å². The molecule has 1 N–H and O–H groups in total. The number of hydrogen-bond donors (Lipinski definition) is 1. The van der Waals surface area contributed by atoms with Crippen molar-refractivity contribution >= 4 is 23.2 Å². The van der Waals surface area contributed by atoms with E-state index in [1.165, 1.54) is 0 Å². The summed E-state index contributed by atoms with van der Waals surface area (Å²) in [6, 6.07) is 0. The number of aliphatic hydroxyl groups excluding tert-OH is 1. The van der Waals surface area contributed by atoms with E-state index in [2.05, 4.69) is 0 Å². The average molecular weight is 171 g/mol. The minimum atomic E-state index is -0.00165. The molecule has 0 aliphatic rings. The van der Waals surface area contributed by atoms with Gasteiger partial charge in [-0.3, -0.25) is 0 Å². The lowest BCUT2D eigenvalue weighted by molar-refractivity contribution is 0.283. The number of hydrogen-bond acceptors (Lipinski definition) is 1. The van der Waals surface area contributed by atoms with Crippen LogP contribution in [0.2, 0.25) is 0 Å². The van der Waals surface area contributed by atoms with E-state index in [-0.39, 0.29) is 17.4 Å². The van der Waals surface area contributed by atoms with E-state index in [1.807, 2.05) is 6.92 Å². The maximum absolute atomic E-state index is 8.40. The lowest BCUT2D eigenvalue weighted by Gasteiger charge is -2.09. The Bertz CT molecular complexity index is 66.1. The Hall–Kier alpha value is 0.540. The molecule has 0 aromatic rings. The summed E-state index contributed by atoms with van der Waals surface area (Å²) in [5.74, 6) is 0. The van der Waals surface area contributed by atoms with Crippen LogP contribution in [0.15, 0.2) is 0 Å². The van der Waals surface area contributed by atoms with E-state index in [4.69, 9.17) is 28.3 Å². The van der Waals surface area contributed by atoms with Crippen molar-refractivity contribution in [3.8, 4) is 0 Å². The van der Waals surface area contributed by atoms with Crippen LogP contribution in [0.25, 0.3) is 0 Å². The summed E-state index contributed by atoms with van der Waals surface area (Å²) in [7, 11) is 0. The van der Waals surface area contributed by atoms with E-state index in [1.54, 1.807) is 0 Å². The fraction of sp³-hybridized carbons (Fsp3) is 1.00. The molecule has 0 amide bonds. The summed E-state index contributed by atoms with van der Waals surface area (Å²) in [6.45, 7) is 2.06. The van der Waals surface area contributed by atoms with Gasteiger partial charge in [-0.25, -0.2) is 0 Å². The van der Waals surface area contributed by atoms with Crippen molar-refractivity contribution in [1.29, 1.82) is 0 Å². The molecule has 1 nitrogen and oxygen atoms in total. The predicted molar refractivity (Wildman–Crippen MR) is 41.3 cm³/mol. The van der Waals surface area contributed by atoms with Crippen LogP contribution in [0.4, 0.5) is 0 Å². The van der Waals surface area contributed by atoms with Crippen LogP contribution in [-0.4, -0.2) is 22.5 Å². The maximum Gasteiger partial charge on any atom is 0.0497 e. The van der Waals surface area contributed by atoms with Gasteiger partial charge in [-0.1, -0.05) is 0 Å². The molecular formula is C6H12Cl2O. The van der Waals surface area contributed by atoms with Crippen molar-refractivity contribution in [2.75, 3.05) is 6.61 Å². The molecule has 0 aliphatic heterocycles. The standard InChI is InChI=1S/C6H12Cl2O/c1-5(7)6(8)3-2-4-9/h5-6,9H,2-4H2,1H3. The Kier molecular flexibility index (Phi) is 5.65. The summed E-state index contributed by atoms with van der Waals surface area (Å²) in [5, 5.41) is 8.39. The summed E-state index contributed by atoms with van der Waals surface area (Å²) in [6.07, 6.45) is 1.54. The molecule has 56 valence electrons. The molecular weight excluding hydrogens is 159 g/mol. The number of aliphatic hydroxyl groups is 1. The first kappa shape index (κ1) is 9.54. The average Bonchev–Trinajstić information content (AvgIpc) is 1.82. The third kappa shape index (κ3) is 5.01. The number of rotatable bonds is 4. The third-order valence-electron chi connectivity index (χ3n) is 1.14. The Labute approximate surface area is 66.0 Å². The second-order valence-electron chi connectivity index (χ2n) is 2.06. The minimum Gasteiger partial charge on any atom is -0.396 e. The SMILES string of the molecule is CC(Cl)C(Cl)CCCO. The first-order valence-corrected chi connectivity index (χ1v) is 3.94. The Balaban J connectivity index is 3.16. The van der Waals surface area contributed by atoms with E-state index < -0.39 is 0 Å². The van der Waals surface area contributed by atoms with Crippen LogP contribution in [-0.2, 0) is 0 Å². The van der Waals surface area contributed by atoms with Crippen LogP contribution in [0.3, 0.4) is 0 Å². The van der Waals surface area contributed by atoms with E-state index in [9.17, 15) is 0 Å². The van der Waals surface area contributed by atoms with Crippen molar-refractivity contribution < 1.29 is 5.11 Å². The maximum atomic E-state index is 8.40. The zero-order valence-electron chi connectivity index (χ0n) is 5.48. The summed E-state index contributed by atoms with van der Waals surface area (Å²) in [5.41, 5.74) is 0. The van der Waals surface area contributed by atoms with Gasteiger partial charge in [-0.05, 0) is 19.8 Å². The molecule has 2 atom stereocenters. The normalized spacial score (nSPS) is 17.3. The van der Waals surface area contributed by atoms with Gasteiger partial charge in [0.2, 0.25) is 0 Å². The second kappa shape index (κ2) is 5.33. The smallest absolute Gasteiger partial charge is 0.0497 e. The van der Waals surface area contributed by atoms with Gasteiger partial charge in [-0.2, -0.15) is 0 Å². The molecule has 0 aromatic carbocycles. The highest BCUT2D eigenvalue weighted by molar-refractivity contribution is 6.29. The second-order valence-corrected chi connectivity index (χ2v) is 3.31. The molecule has 0 rings (SSSR count). The molecule has 3 heteroatoms. The number of alkyl halides is 2. The molecule has 0 aliphatic carbocycles. The summed E-state index contributed by atoms with van der Waals surface area (Å²) in [4.78, 5) is 0. The largest absolute Gasteiger partial charge is 0.396 e. The van der Waals surface area contributed by atoms with Gasteiger partial charge in [0.1, 0.15) is 0 Å². The van der Waals surface area contributed by atoms with Crippen LogP contribution in [0.5, 0.6) is 0 Å². The Morgan fingerprint density at radius 1 is 1.44 bits per heavy atom. The molecule has 0 saturated heterocycles. The molecule has 0 spiro atoms. The van der Waals surface area contributed by atoms with E-state index in [0.29, 0.717) is 0 Å². The van der Waals surface area contributed by atoms with Crippen LogP contribution >= 0.6 is 23.2 Å². The van der Waals surface area contributed by atoms with Gasteiger partial charge in [0.05, 0.1) is 0 Å². The van der Waals surface area contributed by atoms with Gasteiger partial charge in [0, 0.05) is 17.4 Å². The van der Waals surface area contributed by atoms with Crippen molar-refractivity contribution in [3.63, 3.8) is 0 Å².